The van der Waals surface area contributed by atoms with Crippen LogP contribution < -0.4 is 10.9 Å². The Morgan fingerprint density at radius 3 is 2.80 bits per heavy atom. The minimum Gasteiger partial charge on any atom is -0.324 e. The lowest BCUT2D eigenvalue weighted by atomic mass is 10.3. The van der Waals surface area contributed by atoms with Crippen molar-refractivity contribution in [2.24, 2.45) is 7.05 Å². The predicted molar refractivity (Wildman–Crippen MR) is 63.3 cm³/mol. The summed E-state index contributed by atoms with van der Waals surface area (Å²) in [5, 5.41) is 2.72. The highest BCUT2D eigenvalue weighted by Gasteiger charge is 2.12. The summed E-state index contributed by atoms with van der Waals surface area (Å²) in [5.74, 6) is -0.101. The van der Waals surface area contributed by atoms with Gasteiger partial charge in [-0.05, 0) is 12.5 Å². The highest BCUT2D eigenvalue weighted by atomic mass is 79.9. The van der Waals surface area contributed by atoms with Crippen molar-refractivity contribution in [1.29, 1.82) is 0 Å². The second kappa shape index (κ2) is 5.11. The van der Waals surface area contributed by atoms with Gasteiger partial charge in [0, 0.05) is 19.3 Å². The SMILES string of the molecule is CCC(Br)C(=O)Nc1ccc(=O)n(C)c1. The third-order valence-electron chi connectivity index (χ3n) is 2.00. The number of hydrogen-bond acceptors (Lipinski definition) is 2. The molecular weight excluding hydrogens is 260 g/mol. The molecule has 0 saturated heterocycles. The third-order valence-corrected chi connectivity index (χ3v) is 3.06. The quantitative estimate of drug-likeness (QED) is 0.848. The fourth-order valence-electron chi connectivity index (χ4n) is 1.07. The molecule has 1 atom stereocenters. The highest BCUT2D eigenvalue weighted by molar-refractivity contribution is 9.10. The number of pyridine rings is 1. The molecule has 1 heterocycles. The van der Waals surface area contributed by atoms with Crippen molar-refractivity contribution >= 4 is 27.5 Å². The van der Waals surface area contributed by atoms with E-state index in [0.29, 0.717) is 5.69 Å². The first-order valence-corrected chi connectivity index (χ1v) is 5.57. The van der Waals surface area contributed by atoms with Crippen LogP contribution in [0.25, 0.3) is 0 Å². The number of nitrogens with zero attached hydrogens (tertiary/aromatic N) is 1. The van der Waals surface area contributed by atoms with Crippen molar-refractivity contribution < 1.29 is 4.79 Å². The van der Waals surface area contributed by atoms with Gasteiger partial charge < -0.3 is 9.88 Å². The van der Waals surface area contributed by atoms with Crippen molar-refractivity contribution in [3.63, 3.8) is 0 Å². The second-order valence-electron chi connectivity index (χ2n) is 3.23. The van der Waals surface area contributed by atoms with Gasteiger partial charge >= 0.3 is 0 Å². The standard InChI is InChI=1S/C10H13BrN2O2/c1-3-8(11)10(15)12-7-4-5-9(14)13(2)6-7/h4-6,8H,3H2,1-2H3,(H,12,15). The fourth-order valence-corrected chi connectivity index (χ4v) is 1.19. The van der Waals surface area contributed by atoms with Gasteiger partial charge in [0.2, 0.25) is 11.5 Å². The van der Waals surface area contributed by atoms with Gasteiger partial charge in [-0.3, -0.25) is 9.59 Å². The Balaban J connectivity index is 2.77. The zero-order valence-corrected chi connectivity index (χ0v) is 10.2. The van der Waals surface area contributed by atoms with E-state index in [0.717, 1.165) is 6.42 Å². The van der Waals surface area contributed by atoms with E-state index in [9.17, 15) is 9.59 Å². The Morgan fingerprint density at radius 2 is 2.27 bits per heavy atom. The molecule has 0 aliphatic carbocycles. The van der Waals surface area contributed by atoms with Crippen LogP contribution in [0.4, 0.5) is 5.69 Å². The van der Waals surface area contributed by atoms with E-state index in [1.165, 1.54) is 10.6 Å². The van der Waals surface area contributed by atoms with Crippen molar-refractivity contribution in [3.05, 3.63) is 28.7 Å². The summed E-state index contributed by atoms with van der Waals surface area (Å²) in [6.45, 7) is 1.92. The molecule has 4 nitrogen and oxygen atoms in total. The van der Waals surface area contributed by atoms with Crippen LogP contribution in [0.2, 0.25) is 0 Å². The van der Waals surface area contributed by atoms with Crippen LogP contribution in [0.5, 0.6) is 0 Å². The molecule has 0 bridgehead atoms. The van der Waals surface area contributed by atoms with Gasteiger partial charge in [-0.1, -0.05) is 22.9 Å². The van der Waals surface area contributed by atoms with Gasteiger partial charge in [0.05, 0.1) is 10.5 Å². The summed E-state index contributed by atoms with van der Waals surface area (Å²) in [6, 6.07) is 3.01. The van der Waals surface area contributed by atoms with Crippen LogP contribution in [0.15, 0.2) is 23.1 Å². The van der Waals surface area contributed by atoms with Crippen molar-refractivity contribution in [2.45, 2.75) is 18.2 Å². The van der Waals surface area contributed by atoms with Gasteiger partial charge in [-0.25, -0.2) is 0 Å². The van der Waals surface area contributed by atoms with Crippen LogP contribution in [-0.4, -0.2) is 15.3 Å². The molecule has 0 radical (unpaired) electrons. The monoisotopic (exact) mass is 272 g/mol. The highest BCUT2D eigenvalue weighted by Crippen LogP contribution is 2.09. The van der Waals surface area contributed by atoms with Crippen molar-refractivity contribution in [2.75, 3.05) is 5.32 Å². The smallest absolute Gasteiger partial charge is 0.250 e. The summed E-state index contributed by atoms with van der Waals surface area (Å²) in [6.07, 6.45) is 2.31. The maximum absolute atomic E-state index is 11.5. The Labute approximate surface area is 96.4 Å². The summed E-state index contributed by atoms with van der Waals surface area (Å²) in [4.78, 5) is 22.4. The molecule has 0 spiro atoms. The number of rotatable bonds is 3. The fraction of sp³-hybridized carbons (Fsp3) is 0.400. The Morgan fingerprint density at radius 1 is 1.60 bits per heavy atom. The summed E-state index contributed by atoms with van der Waals surface area (Å²) < 4.78 is 1.42. The van der Waals surface area contributed by atoms with Crippen LogP contribution in [-0.2, 0) is 11.8 Å². The minimum atomic E-state index is -0.199. The number of halogens is 1. The van der Waals surface area contributed by atoms with Gasteiger partial charge in [-0.15, -0.1) is 0 Å². The van der Waals surface area contributed by atoms with Crippen molar-refractivity contribution in [1.82, 2.24) is 4.57 Å². The van der Waals surface area contributed by atoms with Crippen LogP contribution in [0, 0.1) is 0 Å². The molecule has 1 aromatic heterocycles. The Kier molecular flexibility index (Phi) is 4.08. The Bertz CT molecular complexity index is 414. The number of carbonyl (C=O) groups is 1. The molecule has 1 unspecified atom stereocenters. The first-order chi connectivity index (χ1) is 7.04. The van der Waals surface area contributed by atoms with Crippen LogP contribution in [0.1, 0.15) is 13.3 Å². The van der Waals surface area contributed by atoms with E-state index in [1.807, 2.05) is 6.92 Å². The van der Waals surface area contributed by atoms with E-state index >= 15 is 0 Å². The number of aryl methyl sites for hydroxylation is 1. The van der Waals surface area contributed by atoms with E-state index in [2.05, 4.69) is 21.2 Å². The minimum absolute atomic E-state index is 0.0983. The predicted octanol–water partition coefficient (Wildman–Crippen LogP) is 1.50. The van der Waals surface area contributed by atoms with Gasteiger partial charge in [-0.2, -0.15) is 0 Å². The topological polar surface area (TPSA) is 51.1 Å². The number of alkyl halides is 1. The zero-order chi connectivity index (χ0) is 11.4. The first kappa shape index (κ1) is 12.0. The lowest BCUT2D eigenvalue weighted by Gasteiger charge is -2.09. The lowest BCUT2D eigenvalue weighted by molar-refractivity contribution is -0.115. The second-order valence-corrected chi connectivity index (χ2v) is 4.34. The molecule has 0 aromatic carbocycles. The molecule has 82 valence electrons. The molecule has 1 rings (SSSR count). The number of carbonyl (C=O) groups excluding carboxylic acids is 1. The zero-order valence-electron chi connectivity index (χ0n) is 8.66. The van der Waals surface area contributed by atoms with E-state index in [1.54, 1.807) is 19.3 Å². The molecule has 1 N–H and O–H groups in total. The normalized spacial score (nSPS) is 12.2. The number of aromatic nitrogens is 1. The number of nitrogens with one attached hydrogen (secondary N) is 1. The van der Waals surface area contributed by atoms with Crippen LogP contribution >= 0.6 is 15.9 Å². The first-order valence-electron chi connectivity index (χ1n) is 4.66. The molecule has 0 fully saturated rings. The molecule has 0 aliphatic rings. The Hall–Kier alpha value is -1.10. The molecule has 5 heteroatoms. The van der Waals surface area contributed by atoms with Gasteiger partial charge in [0.15, 0.2) is 0 Å². The van der Waals surface area contributed by atoms with Gasteiger partial charge in [0.1, 0.15) is 0 Å². The number of anilines is 1. The summed E-state index contributed by atoms with van der Waals surface area (Å²) >= 11 is 3.25. The molecule has 0 saturated carbocycles. The summed E-state index contributed by atoms with van der Waals surface area (Å²) in [7, 11) is 1.64. The number of hydrogen-bond donors (Lipinski definition) is 1. The maximum atomic E-state index is 11.5. The van der Waals surface area contributed by atoms with Crippen LogP contribution in [0.3, 0.4) is 0 Å². The molecule has 15 heavy (non-hydrogen) atoms. The number of amides is 1. The average molecular weight is 273 g/mol. The van der Waals surface area contributed by atoms with E-state index < -0.39 is 0 Å². The van der Waals surface area contributed by atoms with E-state index in [4.69, 9.17) is 0 Å². The average Bonchev–Trinajstić information content (AvgIpc) is 2.22. The molecular formula is C10H13BrN2O2. The lowest BCUT2D eigenvalue weighted by Crippen LogP contribution is -2.23. The molecule has 1 aromatic rings. The molecule has 1 amide bonds. The largest absolute Gasteiger partial charge is 0.324 e. The molecule has 0 aliphatic heterocycles. The summed E-state index contributed by atoms with van der Waals surface area (Å²) in [5.41, 5.74) is 0.527. The third kappa shape index (κ3) is 3.20. The van der Waals surface area contributed by atoms with Crippen molar-refractivity contribution in [3.8, 4) is 0 Å². The van der Waals surface area contributed by atoms with Gasteiger partial charge in [0.25, 0.3) is 0 Å². The van der Waals surface area contributed by atoms with E-state index in [-0.39, 0.29) is 16.3 Å². The maximum Gasteiger partial charge on any atom is 0.250 e.